The molecule has 0 radical (unpaired) electrons. The standard InChI is InChI=1S/C22H24ClN5O4S/c1-15-6-7-17(22-25-16(2)32-26-22)12-20(15)33(30,31)24-14-21(29)28-10-8-27(9-11-28)19-5-3-4-18(23)13-19/h3-7,12-13,24H,8-11,14H2,1-2H3. The van der Waals surface area contributed by atoms with Gasteiger partial charge in [-0.05, 0) is 36.8 Å². The second kappa shape index (κ2) is 9.50. The molecule has 1 aliphatic rings. The van der Waals surface area contributed by atoms with Gasteiger partial charge in [-0.1, -0.05) is 35.0 Å². The molecular formula is C22H24ClN5O4S. The van der Waals surface area contributed by atoms with Gasteiger partial charge in [0.1, 0.15) is 0 Å². The molecular weight excluding hydrogens is 466 g/mol. The van der Waals surface area contributed by atoms with Gasteiger partial charge in [0, 0.05) is 49.4 Å². The Morgan fingerprint density at radius 3 is 2.55 bits per heavy atom. The summed E-state index contributed by atoms with van der Waals surface area (Å²) in [5.41, 5.74) is 2.07. The second-order valence-electron chi connectivity index (χ2n) is 7.79. The van der Waals surface area contributed by atoms with Gasteiger partial charge >= 0.3 is 0 Å². The Bertz CT molecular complexity index is 1270. The summed E-state index contributed by atoms with van der Waals surface area (Å²) >= 11 is 6.07. The summed E-state index contributed by atoms with van der Waals surface area (Å²) in [7, 11) is -3.92. The number of anilines is 1. The Morgan fingerprint density at radius 1 is 1.12 bits per heavy atom. The largest absolute Gasteiger partial charge is 0.368 e. The first-order chi connectivity index (χ1) is 15.7. The zero-order valence-corrected chi connectivity index (χ0v) is 19.9. The molecule has 1 saturated heterocycles. The lowest BCUT2D eigenvalue weighted by atomic mass is 10.1. The van der Waals surface area contributed by atoms with Crippen molar-refractivity contribution in [2.75, 3.05) is 37.6 Å². The maximum atomic E-state index is 12.9. The lowest BCUT2D eigenvalue weighted by molar-refractivity contribution is -0.130. The van der Waals surface area contributed by atoms with Crippen LogP contribution in [0.1, 0.15) is 11.5 Å². The first-order valence-electron chi connectivity index (χ1n) is 10.4. The number of hydrogen-bond donors (Lipinski definition) is 1. The van der Waals surface area contributed by atoms with Crippen LogP contribution < -0.4 is 9.62 Å². The van der Waals surface area contributed by atoms with Crippen LogP contribution in [0.25, 0.3) is 11.4 Å². The van der Waals surface area contributed by atoms with Gasteiger partial charge in [0.15, 0.2) is 0 Å². The average molecular weight is 490 g/mol. The molecule has 0 aliphatic carbocycles. The van der Waals surface area contributed by atoms with E-state index in [1.54, 1.807) is 30.9 Å². The number of carbonyl (C=O) groups excluding carboxylic acids is 1. The van der Waals surface area contributed by atoms with Crippen LogP contribution in [0.5, 0.6) is 0 Å². The number of piperazine rings is 1. The molecule has 2 aromatic carbocycles. The lowest BCUT2D eigenvalue weighted by Gasteiger charge is -2.36. The summed E-state index contributed by atoms with van der Waals surface area (Å²) in [6, 6.07) is 12.5. The van der Waals surface area contributed by atoms with Gasteiger partial charge in [-0.3, -0.25) is 4.79 Å². The molecule has 0 bridgehead atoms. The van der Waals surface area contributed by atoms with E-state index in [4.69, 9.17) is 16.1 Å². The average Bonchev–Trinajstić information content (AvgIpc) is 3.24. The van der Waals surface area contributed by atoms with E-state index >= 15 is 0 Å². The smallest absolute Gasteiger partial charge is 0.241 e. The minimum absolute atomic E-state index is 0.0704. The first kappa shape index (κ1) is 23.2. The third-order valence-electron chi connectivity index (χ3n) is 5.48. The van der Waals surface area contributed by atoms with Crippen LogP contribution in [0, 0.1) is 13.8 Å². The van der Waals surface area contributed by atoms with Gasteiger partial charge < -0.3 is 14.3 Å². The number of benzene rings is 2. The Morgan fingerprint density at radius 2 is 1.88 bits per heavy atom. The van der Waals surface area contributed by atoms with Gasteiger partial charge in [-0.2, -0.15) is 4.98 Å². The summed E-state index contributed by atoms with van der Waals surface area (Å²) in [4.78, 5) is 20.7. The lowest BCUT2D eigenvalue weighted by Crippen LogP contribution is -2.51. The number of sulfonamides is 1. The fourth-order valence-electron chi connectivity index (χ4n) is 3.68. The van der Waals surface area contributed by atoms with Crippen molar-refractivity contribution in [1.82, 2.24) is 19.8 Å². The molecule has 174 valence electrons. The minimum atomic E-state index is -3.92. The summed E-state index contributed by atoms with van der Waals surface area (Å²) in [5, 5.41) is 4.49. The predicted molar refractivity (Wildman–Crippen MR) is 125 cm³/mol. The van der Waals surface area contributed by atoms with Crippen LogP contribution in [0.2, 0.25) is 5.02 Å². The van der Waals surface area contributed by atoms with Crippen LogP contribution in [0.15, 0.2) is 51.9 Å². The van der Waals surface area contributed by atoms with E-state index < -0.39 is 10.0 Å². The maximum absolute atomic E-state index is 12.9. The normalized spacial score (nSPS) is 14.5. The number of amides is 1. The van der Waals surface area contributed by atoms with Crippen molar-refractivity contribution < 1.29 is 17.7 Å². The molecule has 9 nitrogen and oxygen atoms in total. The van der Waals surface area contributed by atoms with E-state index in [-0.39, 0.29) is 17.3 Å². The summed E-state index contributed by atoms with van der Waals surface area (Å²) < 4.78 is 33.3. The summed E-state index contributed by atoms with van der Waals surface area (Å²) in [6.45, 7) is 5.32. The fraction of sp³-hybridized carbons (Fsp3) is 0.318. The molecule has 4 rings (SSSR count). The molecule has 1 N–H and O–H groups in total. The van der Waals surface area contributed by atoms with E-state index in [0.29, 0.717) is 54.0 Å². The molecule has 1 aromatic heterocycles. The predicted octanol–water partition coefficient (Wildman–Crippen LogP) is 2.63. The van der Waals surface area contributed by atoms with E-state index in [1.165, 1.54) is 6.07 Å². The topological polar surface area (TPSA) is 109 Å². The van der Waals surface area contributed by atoms with Crippen LogP contribution in [0.4, 0.5) is 5.69 Å². The molecule has 2 heterocycles. The van der Waals surface area contributed by atoms with Crippen molar-refractivity contribution in [1.29, 1.82) is 0 Å². The van der Waals surface area contributed by atoms with Crippen LogP contribution in [-0.4, -0.2) is 62.1 Å². The Hall–Kier alpha value is -2.95. The van der Waals surface area contributed by atoms with Crippen LogP contribution >= 0.6 is 11.6 Å². The van der Waals surface area contributed by atoms with Gasteiger partial charge in [-0.25, -0.2) is 13.1 Å². The number of rotatable bonds is 6. The highest BCUT2D eigenvalue weighted by Gasteiger charge is 2.24. The van der Waals surface area contributed by atoms with Crippen molar-refractivity contribution in [3.05, 3.63) is 58.9 Å². The third kappa shape index (κ3) is 5.35. The number of aromatic nitrogens is 2. The SMILES string of the molecule is Cc1nc(-c2ccc(C)c(S(=O)(=O)NCC(=O)N3CCN(c4cccc(Cl)c4)CC3)c2)no1. The van der Waals surface area contributed by atoms with E-state index in [0.717, 1.165) is 5.69 Å². The molecule has 1 amide bonds. The number of hydrogen-bond acceptors (Lipinski definition) is 7. The summed E-state index contributed by atoms with van der Waals surface area (Å²) in [6.07, 6.45) is 0. The molecule has 1 aliphatic heterocycles. The number of halogens is 1. The second-order valence-corrected chi connectivity index (χ2v) is 9.96. The quantitative estimate of drug-likeness (QED) is 0.567. The Labute approximate surface area is 197 Å². The fourth-order valence-corrected chi connectivity index (χ4v) is 5.11. The third-order valence-corrected chi connectivity index (χ3v) is 7.26. The van der Waals surface area contributed by atoms with Crippen molar-refractivity contribution in [3.8, 4) is 11.4 Å². The molecule has 33 heavy (non-hydrogen) atoms. The molecule has 1 fully saturated rings. The number of nitrogens with one attached hydrogen (secondary N) is 1. The highest BCUT2D eigenvalue weighted by Crippen LogP contribution is 2.24. The summed E-state index contributed by atoms with van der Waals surface area (Å²) in [5.74, 6) is 0.415. The van der Waals surface area contributed by atoms with Gasteiger partial charge in [0.25, 0.3) is 0 Å². The van der Waals surface area contributed by atoms with Crippen molar-refractivity contribution in [3.63, 3.8) is 0 Å². The molecule has 0 atom stereocenters. The molecule has 3 aromatic rings. The van der Waals surface area contributed by atoms with Crippen LogP contribution in [-0.2, 0) is 14.8 Å². The van der Waals surface area contributed by atoms with Gasteiger partial charge in [0.05, 0.1) is 11.4 Å². The minimum Gasteiger partial charge on any atom is -0.368 e. The molecule has 0 unspecified atom stereocenters. The monoisotopic (exact) mass is 489 g/mol. The zero-order chi connectivity index (χ0) is 23.6. The Kier molecular flexibility index (Phi) is 6.68. The van der Waals surface area contributed by atoms with E-state index in [9.17, 15) is 13.2 Å². The van der Waals surface area contributed by atoms with Gasteiger partial charge in [-0.15, -0.1) is 0 Å². The maximum Gasteiger partial charge on any atom is 0.241 e. The van der Waals surface area contributed by atoms with Crippen molar-refractivity contribution >= 4 is 33.2 Å². The van der Waals surface area contributed by atoms with Crippen molar-refractivity contribution in [2.45, 2.75) is 18.7 Å². The highest BCUT2D eigenvalue weighted by molar-refractivity contribution is 7.89. The zero-order valence-electron chi connectivity index (χ0n) is 18.3. The molecule has 11 heteroatoms. The number of aryl methyl sites for hydroxylation is 2. The Balaban J connectivity index is 1.38. The molecule has 0 saturated carbocycles. The first-order valence-corrected chi connectivity index (χ1v) is 12.3. The number of carbonyl (C=O) groups is 1. The van der Waals surface area contributed by atoms with E-state index in [2.05, 4.69) is 19.8 Å². The molecule has 0 spiro atoms. The van der Waals surface area contributed by atoms with Crippen LogP contribution in [0.3, 0.4) is 0 Å². The highest BCUT2D eigenvalue weighted by atomic mass is 35.5. The number of nitrogens with zero attached hydrogens (tertiary/aromatic N) is 4. The van der Waals surface area contributed by atoms with Gasteiger partial charge in [0.2, 0.25) is 27.6 Å². The van der Waals surface area contributed by atoms with Crippen molar-refractivity contribution in [2.24, 2.45) is 0 Å². The van der Waals surface area contributed by atoms with E-state index in [1.807, 2.05) is 24.3 Å².